The Hall–Kier alpha value is -2.34. The number of aryl methyl sites for hydroxylation is 1. The summed E-state index contributed by atoms with van der Waals surface area (Å²) in [5, 5.41) is 8.76. The van der Waals surface area contributed by atoms with E-state index in [2.05, 4.69) is 15.6 Å². The smallest absolute Gasteiger partial charge is 0.428 e. The Morgan fingerprint density at radius 3 is 2.67 bits per heavy atom. The van der Waals surface area contributed by atoms with Gasteiger partial charge < -0.3 is 4.74 Å². The third kappa shape index (κ3) is 5.09. The number of hydrogen-bond donors (Lipinski definition) is 1. The minimum atomic E-state index is -0.621. The van der Waals surface area contributed by atoms with Gasteiger partial charge in [-0.25, -0.2) is 14.9 Å². The fourth-order valence-electron chi connectivity index (χ4n) is 2.03. The zero-order valence-electron chi connectivity index (χ0n) is 14.2. The van der Waals surface area contributed by atoms with Crippen LogP contribution in [-0.4, -0.2) is 27.7 Å². The SMILES string of the molecule is Cc1nn(Cc2ccccc2)c(Cl)c1C=NNC(=O)OC(C)(C)C. The Kier molecular flexibility index (Phi) is 5.62. The number of amides is 1. The number of nitrogens with one attached hydrogen (secondary N) is 1. The van der Waals surface area contributed by atoms with E-state index < -0.39 is 11.7 Å². The van der Waals surface area contributed by atoms with Crippen molar-refractivity contribution >= 4 is 23.9 Å². The minimum absolute atomic E-state index is 0.464. The van der Waals surface area contributed by atoms with Crippen molar-refractivity contribution in [3.05, 3.63) is 52.3 Å². The minimum Gasteiger partial charge on any atom is -0.443 e. The molecule has 1 amide bonds. The molecule has 6 nitrogen and oxygen atoms in total. The van der Waals surface area contributed by atoms with Crippen LogP contribution in [0.3, 0.4) is 0 Å². The van der Waals surface area contributed by atoms with Gasteiger partial charge in [-0.2, -0.15) is 10.2 Å². The highest BCUT2D eigenvalue weighted by atomic mass is 35.5. The first-order chi connectivity index (χ1) is 11.3. The van der Waals surface area contributed by atoms with Gasteiger partial charge in [0.15, 0.2) is 0 Å². The average Bonchev–Trinajstić information content (AvgIpc) is 2.74. The number of halogens is 1. The molecule has 7 heteroatoms. The predicted molar refractivity (Wildman–Crippen MR) is 94.5 cm³/mol. The summed E-state index contributed by atoms with van der Waals surface area (Å²) < 4.78 is 6.80. The molecule has 0 saturated carbocycles. The molecular formula is C17H21ClN4O2. The fraction of sp³-hybridized carbons (Fsp3) is 0.353. The second-order valence-corrected chi connectivity index (χ2v) is 6.66. The number of hydrazone groups is 1. The summed E-state index contributed by atoms with van der Waals surface area (Å²) in [6.45, 7) is 7.75. The van der Waals surface area contributed by atoms with Crippen LogP contribution in [0.25, 0.3) is 0 Å². The van der Waals surface area contributed by atoms with Crippen LogP contribution in [0.2, 0.25) is 5.15 Å². The highest BCUT2D eigenvalue weighted by Gasteiger charge is 2.16. The molecule has 128 valence electrons. The molecule has 0 fully saturated rings. The van der Waals surface area contributed by atoms with Crippen LogP contribution in [0.15, 0.2) is 35.4 Å². The van der Waals surface area contributed by atoms with E-state index in [1.807, 2.05) is 37.3 Å². The standard InChI is InChI=1S/C17H21ClN4O2/c1-12-14(10-19-20-16(23)24-17(2,3)4)15(18)22(21-12)11-13-8-6-5-7-9-13/h5-10H,11H2,1-4H3,(H,20,23). The van der Waals surface area contributed by atoms with Crippen molar-refractivity contribution in [1.82, 2.24) is 15.2 Å². The number of hydrogen-bond acceptors (Lipinski definition) is 4. The van der Waals surface area contributed by atoms with Gasteiger partial charge in [-0.3, -0.25) is 0 Å². The molecular weight excluding hydrogens is 328 g/mol. The van der Waals surface area contributed by atoms with Gasteiger partial charge in [0.25, 0.3) is 0 Å². The van der Waals surface area contributed by atoms with Crippen LogP contribution in [0.4, 0.5) is 4.79 Å². The van der Waals surface area contributed by atoms with E-state index >= 15 is 0 Å². The quantitative estimate of drug-likeness (QED) is 0.675. The first kappa shape index (κ1) is 18.0. The van der Waals surface area contributed by atoms with E-state index in [0.29, 0.717) is 17.3 Å². The predicted octanol–water partition coefficient (Wildman–Crippen LogP) is 3.75. The van der Waals surface area contributed by atoms with E-state index in [1.54, 1.807) is 25.5 Å². The highest BCUT2D eigenvalue weighted by Crippen LogP contribution is 2.19. The van der Waals surface area contributed by atoms with Crippen LogP contribution in [0.5, 0.6) is 0 Å². The maximum atomic E-state index is 11.6. The van der Waals surface area contributed by atoms with Crippen molar-refractivity contribution in [2.45, 2.75) is 39.8 Å². The van der Waals surface area contributed by atoms with E-state index in [9.17, 15) is 4.79 Å². The van der Waals surface area contributed by atoms with Crippen molar-refractivity contribution in [3.8, 4) is 0 Å². The number of benzene rings is 1. The lowest BCUT2D eigenvalue weighted by molar-refractivity contribution is 0.0529. The molecule has 0 unspecified atom stereocenters. The Labute approximate surface area is 146 Å². The van der Waals surface area contributed by atoms with Crippen molar-refractivity contribution < 1.29 is 9.53 Å². The highest BCUT2D eigenvalue weighted by molar-refractivity contribution is 6.32. The van der Waals surface area contributed by atoms with Crippen molar-refractivity contribution in [2.24, 2.45) is 5.10 Å². The molecule has 0 aliphatic heterocycles. The summed E-state index contributed by atoms with van der Waals surface area (Å²) in [4.78, 5) is 11.6. The van der Waals surface area contributed by atoms with E-state index in [0.717, 1.165) is 11.3 Å². The zero-order valence-corrected chi connectivity index (χ0v) is 15.0. The summed E-state index contributed by atoms with van der Waals surface area (Å²) >= 11 is 6.37. The summed E-state index contributed by atoms with van der Waals surface area (Å²) in [6, 6.07) is 9.90. The van der Waals surface area contributed by atoms with Crippen LogP contribution >= 0.6 is 11.6 Å². The molecule has 0 aliphatic carbocycles. The summed E-state index contributed by atoms with van der Waals surface area (Å²) in [5.41, 5.74) is 4.22. The first-order valence-electron chi connectivity index (χ1n) is 7.55. The number of aromatic nitrogens is 2. The van der Waals surface area contributed by atoms with Gasteiger partial charge in [0, 0.05) is 0 Å². The normalized spacial score (nSPS) is 11.7. The zero-order chi connectivity index (χ0) is 17.7. The van der Waals surface area contributed by atoms with Gasteiger partial charge in [0.05, 0.1) is 24.0 Å². The summed E-state index contributed by atoms with van der Waals surface area (Å²) in [7, 11) is 0. The largest absolute Gasteiger partial charge is 0.443 e. The van der Waals surface area contributed by atoms with E-state index in [4.69, 9.17) is 16.3 Å². The summed E-state index contributed by atoms with van der Waals surface area (Å²) in [6.07, 6.45) is 0.847. The number of rotatable bonds is 4. The van der Waals surface area contributed by atoms with Crippen LogP contribution in [-0.2, 0) is 11.3 Å². The topological polar surface area (TPSA) is 68.5 Å². The molecule has 2 aromatic rings. The van der Waals surface area contributed by atoms with Gasteiger partial charge in [0.2, 0.25) is 0 Å². The lowest BCUT2D eigenvalue weighted by Crippen LogP contribution is -2.29. The lowest BCUT2D eigenvalue weighted by atomic mass is 10.2. The van der Waals surface area contributed by atoms with Gasteiger partial charge in [-0.15, -0.1) is 0 Å². The number of ether oxygens (including phenoxy) is 1. The van der Waals surface area contributed by atoms with Crippen LogP contribution in [0, 0.1) is 6.92 Å². The Morgan fingerprint density at radius 1 is 1.38 bits per heavy atom. The summed E-state index contributed by atoms with van der Waals surface area (Å²) in [5.74, 6) is 0. The number of nitrogens with zero attached hydrogens (tertiary/aromatic N) is 3. The van der Waals surface area contributed by atoms with Gasteiger partial charge in [-0.1, -0.05) is 41.9 Å². The number of carbonyl (C=O) groups excluding carboxylic acids is 1. The molecule has 0 spiro atoms. The van der Waals surface area contributed by atoms with Gasteiger partial charge in [0.1, 0.15) is 10.8 Å². The third-order valence-electron chi connectivity index (χ3n) is 3.03. The molecule has 0 saturated heterocycles. The Bertz CT molecular complexity index is 733. The molecule has 1 aromatic heterocycles. The van der Waals surface area contributed by atoms with Crippen LogP contribution < -0.4 is 5.43 Å². The molecule has 24 heavy (non-hydrogen) atoms. The van der Waals surface area contributed by atoms with E-state index in [-0.39, 0.29) is 0 Å². The molecule has 1 heterocycles. The Morgan fingerprint density at radius 2 is 2.04 bits per heavy atom. The molecule has 2 rings (SSSR count). The van der Waals surface area contributed by atoms with Crippen molar-refractivity contribution in [2.75, 3.05) is 0 Å². The molecule has 0 radical (unpaired) electrons. The van der Waals surface area contributed by atoms with Gasteiger partial charge >= 0.3 is 6.09 Å². The molecule has 1 aromatic carbocycles. The molecule has 0 bridgehead atoms. The van der Waals surface area contributed by atoms with Crippen molar-refractivity contribution in [3.63, 3.8) is 0 Å². The third-order valence-corrected chi connectivity index (χ3v) is 3.43. The fourth-order valence-corrected chi connectivity index (χ4v) is 2.31. The first-order valence-corrected chi connectivity index (χ1v) is 7.93. The second kappa shape index (κ2) is 7.49. The van der Waals surface area contributed by atoms with Gasteiger partial charge in [-0.05, 0) is 33.3 Å². The molecule has 0 atom stereocenters. The monoisotopic (exact) mass is 348 g/mol. The maximum Gasteiger partial charge on any atom is 0.428 e. The molecule has 1 N–H and O–H groups in total. The van der Waals surface area contributed by atoms with E-state index in [1.165, 1.54) is 6.21 Å². The maximum absolute atomic E-state index is 11.6. The Balaban J connectivity index is 2.06. The lowest BCUT2D eigenvalue weighted by Gasteiger charge is -2.18. The number of carbonyl (C=O) groups is 1. The van der Waals surface area contributed by atoms with Crippen molar-refractivity contribution in [1.29, 1.82) is 0 Å². The second-order valence-electron chi connectivity index (χ2n) is 6.31. The molecule has 0 aliphatic rings. The average molecular weight is 349 g/mol. The van der Waals surface area contributed by atoms with Crippen LogP contribution in [0.1, 0.15) is 37.6 Å².